The number of alkyl halides is 3. The zero-order chi connectivity index (χ0) is 17.4. The van der Waals surface area contributed by atoms with E-state index in [2.05, 4.69) is 4.18 Å². The largest absolute Gasteiger partial charge is 0.534 e. The van der Waals surface area contributed by atoms with Crippen LogP contribution in [0.3, 0.4) is 0 Å². The summed E-state index contributed by atoms with van der Waals surface area (Å²) in [7, 11) is -6.01. The monoisotopic (exact) mass is 355 g/mol. The van der Waals surface area contributed by atoms with E-state index in [0.29, 0.717) is 12.5 Å². The van der Waals surface area contributed by atoms with Crippen LogP contribution in [-0.2, 0) is 27.8 Å². The molecule has 0 radical (unpaired) electrons. The Morgan fingerprint density at radius 3 is 2.61 bits per heavy atom. The van der Waals surface area contributed by atoms with Crippen molar-refractivity contribution in [3.8, 4) is 5.75 Å². The molecular formula is C12H12F3NO6S. The third-order valence-electron chi connectivity index (χ3n) is 3.14. The third kappa shape index (κ3) is 3.19. The fourth-order valence-corrected chi connectivity index (χ4v) is 2.70. The normalized spacial score (nSPS) is 14.4. The number of ether oxygens (including phenoxy) is 1. The van der Waals surface area contributed by atoms with Gasteiger partial charge in [0.2, 0.25) is 0 Å². The summed E-state index contributed by atoms with van der Waals surface area (Å²) >= 11 is 0. The van der Waals surface area contributed by atoms with Gasteiger partial charge in [0.05, 0.1) is 6.61 Å². The molecule has 0 amide bonds. The lowest BCUT2D eigenvalue weighted by Gasteiger charge is -2.15. The maximum Gasteiger partial charge on any atom is 0.534 e. The van der Waals surface area contributed by atoms with Crippen LogP contribution in [0.25, 0.3) is 0 Å². The van der Waals surface area contributed by atoms with Gasteiger partial charge in [0.1, 0.15) is 5.56 Å². The van der Waals surface area contributed by atoms with Gasteiger partial charge < -0.3 is 13.5 Å². The molecule has 1 aliphatic heterocycles. The molecule has 2 heterocycles. The molecule has 0 saturated heterocycles. The highest BCUT2D eigenvalue weighted by Gasteiger charge is 2.49. The predicted molar refractivity (Wildman–Crippen MR) is 70.6 cm³/mol. The lowest BCUT2D eigenvalue weighted by Crippen LogP contribution is -2.30. The molecule has 0 spiro atoms. The zero-order valence-electron chi connectivity index (χ0n) is 11.8. The molecule has 2 rings (SSSR count). The Kier molecular flexibility index (Phi) is 4.42. The number of halogens is 3. The maximum atomic E-state index is 12.5. The number of nitrogens with zero attached hydrogens (tertiary/aromatic N) is 1. The van der Waals surface area contributed by atoms with Gasteiger partial charge in [0, 0.05) is 18.3 Å². The molecular weight excluding hydrogens is 343 g/mol. The molecule has 11 heteroatoms. The minimum absolute atomic E-state index is 0.0805. The van der Waals surface area contributed by atoms with Crippen LogP contribution < -0.4 is 9.74 Å². The minimum atomic E-state index is -6.01. The molecule has 0 N–H and O–H groups in total. The summed E-state index contributed by atoms with van der Waals surface area (Å²) < 4.78 is 69.6. The Morgan fingerprint density at radius 1 is 1.39 bits per heavy atom. The smallest absolute Gasteiger partial charge is 0.462 e. The first-order chi connectivity index (χ1) is 10.6. The number of fused-ring (bicyclic) bond motifs is 1. The van der Waals surface area contributed by atoms with Gasteiger partial charge in [-0.3, -0.25) is 4.79 Å². The summed E-state index contributed by atoms with van der Waals surface area (Å²) in [5.41, 5.74) is -6.81. The van der Waals surface area contributed by atoms with Crippen molar-refractivity contribution in [3.05, 3.63) is 27.7 Å². The second kappa shape index (κ2) is 5.87. The maximum absolute atomic E-state index is 12.5. The van der Waals surface area contributed by atoms with Gasteiger partial charge in [0.25, 0.3) is 5.56 Å². The van der Waals surface area contributed by atoms with Crippen LogP contribution in [0.5, 0.6) is 5.75 Å². The van der Waals surface area contributed by atoms with E-state index in [9.17, 15) is 31.2 Å². The molecule has 0 saturated carbocycles. The Hall–Kier alpha value is -2.04. The van der Waals surface area contributed by atoms with E-state index in [1.807, 2.05) is 0 Å². The first-order valence-corrected chi connectivity index (χ1v) is 7.94. The molecule has 1 aromatic rings. The predicted octanol–water partition coefficient (Wildman–Crippen LogP) is 1.20. The molecule has 23 heavy (non-hydrogen) atoms. The van der Waals surface area contributed by atoms with Crippen molar-refractivity contribution < 1.29 is 35.3 Å². The fraction of sp³-hybridized carbons (Fsp3) is 0.500. The van der Waals surface area contributed by atoms with Crippen LogP contribution in [0.15, 0.2) is 10.9 Å². The SMILES string of the molecule is CCOC(=O)c1c(OS(=O)(=O)C(F)(F)F)cc(=O)n2c1CCC2. The molecule has 7 nitrogen and oxygen atoms in total. The van der Waals surface area contributed by atoms with Gasteiger partial charge in [-0.05, 0) is 19.8 Å². The first-order valence-electron chi connectivity index (χ1n) is 6.53. The number of carbonyl (C=O) groups excluding carboxylic acids is 1. The van der Waals surface area contributed by atoms with E-state index in [4.69, 9.17) is 4.74 Å². The van der Waals surface area contributed by atoms with Crippen molar-refractivity contribution in [3.63, 3.8) is 0 Å². The van der Waals surface area contributed by atoms with Crippen molar-refractivity contribution >= 4 is 16.1 Å². The van der Waals surface area contributed by atoms with Crippen LogP contribution >= 0.6 is 0 Å². The van der Waals surface area contributed by atoms with E-state index in [-0.39, 0.29) is 25.3 Å². The Bertz CT molecular complexity index is 796. The van der Waals surface area contributed by atoms with Gasteiger partial charge >= 0.3 is 21.6 Å². The molecule has 0 unspecified atom stereocenters. The van der Waals surface area contributed by atoms with E-state index in [1.54, 1.807) is 0 Å². The van der Waals surface area contributed by atoms with Crippen molar-refractivity contribution in [2.75, 3.05) is 6.61 Å². The quantitative estimate of drug-likeness (QED) is 0.458. The van der Waals surface area contributed by atoms with Gasteiger partial charge in [0.15, 0.2) is 5.75 Å². The number of rotatable bonds is 4. The number of hydrogen-bond donors (Lipinski definition) is 0. The molecule has 0 aromatic carbocycles. The Labute approximate surface area is 128 Å². The van der Waals surface area contributed by atoms with Gasteiger partial charge in [-0.15, -0.1) is 0 Å². The average molecular weight is 355 g/mol. The number of pyridine rings is 1. The molecule has 1 aromatic heterocycles. The van der Waals surface area contributed by atoms with Crippen molar-refractivity contribution in [2.24, 2.45) is 0 Å². The lowest BCUT2D eigenvalue weighted by molar-refractivity contribution is -0.0500. The molecule has 0 atom stereocenters. The van der Waals surface area contributed by atoms with Gasteiger partial charge in [-0.2, -0.15) is 21.6 Å². The van der Waals surface area contributed by atoms with E-state index >= 15 is 0 Å². The summed E-state index contributed by atoms with van der Waals surface area (Å²) in [5.74, 6) is -2.02. The van der Waals surface area contributed by atoms with Crippen LogP contribution in [-0.4, -0.2) is 31.1 Å². The van der Waals surface area contributed by atoms with Crippen LogP contribution in [0.4, 0.5) is 13.2 Å². The molecule has 128 valence electrons. The number of carbonyl (C=O) groups is 1. The van der Waals surface area contributed by atoms with Crippen molar-refractivity contribution in [1.82, 2.24) is 4.57 Å². The molecule has 0 fully saturated rings. The highest BCUT2D eigenvalue weighted by Crippen LogP contribution is 2.31. The van der Waals surface area contributed by atoms with Crippen LogP contribution in [0, 0.1) is 0 Å². The standard InChI is InChI=1S/C12H12F3NO6S/c1-2-21-11(18)10-7-4-3-5-16(7)9(17)6-8(10)22-23(19,20)12(13,14)15/h6H,2-5H2,1H3. The molecule has 1 aliphatic rings. The number of hydrogen-bond acceptors (Lipinski definition) is 6. The average Bonchev–Trinajstić information content (AvgIpc) is 2.86. The van der Waals surface area contributed by atoms with Gasteiger partial charge in [-0.1, -0.05) is 0 Å². The Balaban J connectivity index is 2.62. The molecule has 0 bridgehead atoms. The fourth-order valence-electron chi connectivity index (χ4n) is 2.23. The topological polar surface area (TPSA) is 91.7 Å². The second-order valence-corrected chi connectivity index (χ2v) is 6.17. The summed E-state index contributed by atoms with van der Waals surface area (Å²) in [6.07, 6.45) is 0.698. The summed E-state index contributed by atoms with van der Waals surface area (Å²) in [6, 6.07) is 0.546. The van der Waals surface area contributed by atoms with E-state index in [0.717, 1.165) is 0 Å². The van der Waals surface area contributed by atoms with E-state index < -0.39 is 38.5 Å². The Morgan fingerprint density at radius 2 is 2.04 bits per heavy atom. The van der Waals surface area contributed by atoms with Crippen LogP contribution in [0.1, 0.15) is 29.4 Å². The van der Waals surface area contributed by atoms with E-state index in [1.165, 1.54) is 11.5 Å². The van der Waals surface area contributed by atoms with Crippen molar-refractivity contribution in [1.29, 1.82) is 0 Å². The lowest BCUT2D eigenvalue weighted by atomic mass is 10.1. The van der Waals surface area contributed by atoms with Gasteiger partial charge in [-0.25, -0.2) is 4.79 Å². The number of esters is 1. The highest BCUT2D eigenvalue weighted by molar-refractivity contribution is 7.88. The summed E-state index contributed by atoms with van der Waals surface area (Å²) in [5, 5.41) is 0. The highest BCUT2D eigenvalue weighted by atomic mass is 32.2. The second-order valence-electron chi connectivity index (χ2n) is 4.63. The third-order valence-corrected chi connectivity index (χ3v) is 4.11. The van der Waals surface area contributed by atoms with Crippen LogP contribution in [0.2, 0.25) is 0 Å². The molecule has 0 aliphatic carbocycles. The first kappa shape index (κ1) is 17.3. The number of aromatic nitrogens is 1. The summed E-state index contributed by atoms with van der Waals surface area (Å²) in [6.45, 7) is 1.66. The minimum Gasteiger partial charge on any atom is -0.462 e. The zero-order valence-corrected chi connectivity index (χ0v) is 12.7. The van der Waals surface area contributed by atoms with Crippen molar-refractivity contribution in [2.45, 2.75) is 31.8 Å². The summed E-state index contributed by atoms with van der Waals surface area (Å²) in [4.78, 5) is 23.8.